The number of anilines is 2. The molecule has 1 amide bonds. The van der Waals surface area contributed by atoms with Crippen LogP contribution in [0.2, 0.25) is 0 Å². The Balaban J connectivity index is 2.33. The lowest BCUT2D eigenvalue weighted by Crippen LogP contribution is -2.45. The van der Waals surface area contributed by atoms with E-state index in [1.165, 1.54) is 19.1 Å². The molecule has 0 radical (unpaired) electrons. The summed E-state index contributed by atoms with van der Waals surface area (Å²) in [5, 5.41) is 2.11. The number of nitrogens with one attached hydrogen (secondary N) is 1. The van der Waals surface area contributed by atoms with Crippen LogP contribution in [0.1, 0.15) is 6.92 Å². The molecule has 2 aromatic carbocycles. The molecule has 1 N–H and O–H groups in total. The standard InChI is InChI=1S/C16H16F2N2O3S/c1-11(16(21)19-15-13(17)9-6-10-14(15)18)20(24(2,22)23)12-7-4-3-5-8-12/h3-11H,1-2H3,(H,19,21)/t11-/m1/s1. The van der Waals surface area contributed by atoms with E-state index < -0.39 is 39.3 Å². The Bertz CT molecular complexity index is 821. The van der Waals surface area contributed by atoms with Gasteiger partial charge in [-0.05, 0) is 31.2 Å². The minimum atomic E-state index is -3.79. The van der Waals surface area contributed by atoms with E-state index in [1.807, 2.05) is 0 Å². The van der Waals surface area contributed by atoms with Crippen molar-refractivity contribution in [1.82, 2.24) is 0 Å². The average Bonchev–Trinajstić information content (AvgIpc) is 2.50. The predicted octanol–water partition coefficient (Wildman–Crippen LogP) is 2.76. The number of rotatable bonds is 5. The van der Waals surface area contributed by atoms with Gasteiger partial charge in [0.05, 0.1) is 11.9 Å². The van der Waals surface area contributed by atoms with Gasteiger partial charge < -0.3 is 5.32 Å². The number of sulfonamides is 1. The van der Waals surface area contributed by atoms with Crippen LogP contribution in [0.25, 0.3) is 0 Å². The molecule has 0 saturated heterocycles. The van der Waals surface area contributed by atoms with Gasteiger partial charge in [0, 0.05) is 0 Å². The van der Waals surface area contributed by atoms with Gasteiger partial charge >= 0.3 is 0 Å². The molecule has 0 aliphatic carbocycles. The Morgan fingerprint density at radius 2 is 1.58 bits per heavy atom. The summed E-state index contributed by atoms with van der Waals surface area (Å²) in [5.74, 6) is -2.74. The van der Waals surface area contributed by atoms with Gasteiger partial charge in [-0.2, -0.15) is 0 Å². The van der Waals surface area contributed by atoms with Crippen molar-refractivity contribution in [1.29, 1.82) is 0 Å². The number of para-hydroxylation sites is 2. The maximum atomic E-state index is 13.6. The van der Waals surface area contributed by atoms with Crippen molar-refractivity contribution in [2.45, 2.75) is 13.0 Å². The molecule has 8 heteroatoms. The minimum absolute atomic E-state index is 0.275. The van der Waals surface area contributed by atoms with E-state index in [0.29, 0.717) is 0 Å². The van der Waals surface area contributed by atoms with Gasteiger partial charge in [0.15, 0.2) is 0 Å². The largest absolute Gasteiger partial charge is 0.319 e. The number of hydrogen-bond donors (Lipinski definition) is 1. The lowest BCUT2D eigenvalue weighted by atomic mass is 10.2. The topological polar surface area (TPSA) is 66.5 Å². The van der Waals surface area contributed by atoms with Crippen LogP contribution in [-0.2, 0) is 14.8 Å². The molecule has 2 aromatic rings. The quantitative estimate of drug-likeness (QED) is 0.898. The number of carbonyl (C=O) groups excluding carboxylic acids is 1. The van der Waals surface area contributed by atoms with E-state index in [4.69, 9.17) is 0 Å². The number of halogens is 2. The lowest BCUT2D eigenvalue weighted by molar-refractivity contribution is -0.116. The van der Waals surface area contributed by atoms with Crippen molar-refractivity contribution in [2.75, 3.05) is 15.9 Å². The monoisotopic (exact) mass is 354 g/mol. The van der Waals surface area contributed by atoms with Crippen LogP contribution in [0, 0.1) is 11.6 Å². The second-order valence-corrected chi connectivity index (χ2v) is 7.02. The molecule has 0 bridgehead atoms. The normalized spacial score (nSPS) is 12.5. The Morgan fingerprint density at radius 1 is 1.04 bits per heavy atom. The molecular weight excluding hydrogens is 338 g/mol. The van der Waals surface area contributed by atoms with Crippen molar-refractivity contribution in [2.24, 2.45) is 0 Å². The second-order valence-electron chi connectivity index (χ2n) is 5.16. The van der Waals surface area contributed by atoms with Gasteiger partial charge in [0.2, 0.25) is 15.9 Å². The van der Waals surface area contributed by atoms with E-state index in [1.54, 1.807) is 18.2 Å². The van der Waals surface area contributed by atoms with Gasteiger partial charge in [-0.1, -0.05) is 24.3 Å². The number of nitrogens with zero attached hydrogens (tertiary/aromatic N) is 1. The van der Waals surface area contributed by atoms with E-state index in [9.17, 15) is 22.0 Å². The third-order valence-electron chi connectivity index (χ3n) is 3.31. The summed E-state index contributed by atoms with van der Waals surface area (Å²) in [4.78, 5) is 12.3. The first-order chi connectivity index (χ1) is 11.2. The zero-order valence-corrected chi connectivity index (χ0v) is 13.8. The second kappa shape index (κ2) is 6.96. The van der Waals surface area contributed by atoms with Crippen molar-refractivity contribution in [3.8, 4) is 0 Å². The first-order valence-corrected chi connectivity index (χ1v) is 8.86. The summed E-state index contributed by atoms with van der Waals surface area (Å²) in [7, 11) is -3.79. The van der Waals surface area contributed by atoms with Crippen LogP contribution >= 0.6 is 0 Å². The van der Waals surface area contributed by atoms with Crippen molar-refractivity contribution in [3.63, 3.8) is 0 Å². The molecule has 128 valence electrons. The van der Waals surface area contributed by atoms with Crippen molar-refractivity contribution in [3.05, 3.63) is 60.2 Å². The molecule has 0 unspecified atom stereocenters. The van der Waals surface area contributed by atoms with Crippen LogP contribution < -0.4 is 9.62 Å². The van der Waals surface area contributed by atoms with Crippen LogP contribution in [0.4, 0.5) is 20.2 Å². The summed E-state index contributed by atoms with van der Waals surface area (Å²) in [6, 6.07) is 9.93. The fourth-order valence-corrected chi connectivity index (χ4v) is 3.40. The molecule has 0 aliphatic rings. The zero-order valence-electron chi connectivity index (χ0n) is 13.0. The van der Waals surface area contributed by atoms with Crippen LogP contribution in [-0.4, -0.2) is 26.6 Å². The average molecular weight is 354 g/mol. The lowest BCUT2D eigenvalue weighted by Gasteiger charge is -2.28. The van der Waals surface area contributed by atoms with Crippen molar-refractivity contribution < 1.29 is 22.0 Å². The molecule has 2 rings (SSSR count). The van der Waals surface area contributed by atoms with Gasteiger partial charge in [0.1, 0.15) is 23.4 Å². The molecule has 0 spiro atoms. The van der Waals surface area contributed by atoms with Crippen LogP contribution in [0.3, 0.4) is 0 Å². The maximum absolute atomic E-state index is 13.6. The summed E-state index contributed by atoms with van der Waals surface area (Å²) < 4.78 is 52.3. The molecule has 0 saturated carbocycles. The number of benzene rings is 2. The molecule has 0 aliphatic heterocycles. The maximum Gasteiger partial charge on any atom is 0.248 e. The third kappa shape index (κ3) is 3.88. The van der Waals surface area contributed by atoms with Gasteiger partial charge in [-0.3, -0.25) is 9.10 Å². The highest BCUT2D eigenvalue weighted by molar-refractivity contribution is 7.92. The minimum Gasteiger partial charge on any atom is -0.319 e. The van der Waals surface area contributed by atoms with Crippen LogP contribution in [0.15, 0.2) is 48.5 Å². The Morgan fingerprint density at radius 3 is 2.08 bits per heavy atom. The summed E-state index contributed by atoms with van der Waals surface area (Å²) in [6.07, 6.45) is 0.952. The highest BCUT2D eigenvalue weighted by atomic mass is 32.2. The predicted molar refractivity (Wildman–Crippen MR) is 88.2 cm³/mol. The highest BCUT2D eigenvalue weighted by Crippen LogP contribution is 2.23. The fraction of sp³-hybridized carbons (Fsp3) is 0.188. The summed E-state index contributed by atoms with van der Waals surface area (Å²) in [5.41, 5.74) is -0.340. The molecule has 5 nitrogen and oxygen atoms in total. The first-order valence-electron chi connectivity index (χ1n) is 7.01. The smallest absolute Gasteiger partial charge is 0.248 e. The molecule has 0 heterocycles. The van der Waals surface area contributed by atoms with Gasteiger partial charge in [-0.15, -0.1) is 0 Å². The summed E-state index contributed by atoms with van der Waals surface area (Å²) in [6.45, 7) is 1.34. The van der Waals surface area contributed by atoms with Gasteiger partial charge in [-0.25, -0.2) is 17.2 Å². The van der Waals surface area contributed by atoms with E-state index in [0.717, 1.165) is 28.8 Å². The Hall–Kier alpha value is -2.48. The fourth-order valence-electron chi connectivity index (χ4n) is 2.23. The van der Waals surface area contributed by atoms with Crippen molar-refractivity contribution >= 4 is 27.3 Å². The van der Waals surface area contributed by atoms with Gasteiger partial charge in [0.25, 0.3) is 0 Å². The Labute approximate surface area is 139 Å². The number of amides is 1. The highest BCUT2D eigenvalue weighted by Gasteiger charge is 2.29. The molecule has 24 heavy (non-hydrogen) atoms. The summed E-state index contributed by atoms with van der Waals surface area (Å²) >= 11 is 0. The van der Waals surface area contributed by atoms with Crippen LogP contribution in [0.5, 0.6) is 0 Å². The number of carbonyl (C=O) groups is 1. The SMILES string of the molecule is C[C@H](C(=O)Nc1c(F)cccc1F)N(c1ccccc1)S(C)(=O)=O. The molecular formula is C16H16F2N2O3S. The Kier molecular flexibility index (Phi) is 5.18. The zero-order chi connectivity index (χ0) is 17.9. The molecule has 0 aromatic heterocycles. The molecule has 0 fully saturated rings. The molecule has 1 atom stereocenters. The number of hydrogen-bond acceptors (Lipinski definition) is 3. The van der Waals surface area contributed by atoms with E-state index in [2.05, 4.69) is 5.32 Å². The third-order valence-corrected chi connectivity index (χ3v) is 4.55. The van der Waals surface area contributed by atoms with E-state index >= 15 is 0 Å². The first kappa shape index (κ1) is 17.9. The van der Waals surface area contributed by atoms with E-state index in [-0.39, 0.29) is 5.69 Å².